The summed E-state index contributed by atoms with van der Waals surface area (Å²) in [6.45, 7) is 7.06. The molecule has 1 saturated carbocycles. The molecule has 1 spiro atoms. The first kappa shape index (κ1) is 17.7. The van der Waals surface area contributed by atoms with E-state index in [4.69, 9.17) is 0 Å². The number of aliphatic hydroxyl groups is 1. The monoisotopic (exact) mass is 337 g/mol. The molecule has 3 aliphatic rings. The molecule has 0 bridgehead atoms. The van der Waals surface area contributed by atoms with Crippen molar-refractivity contribution in [1.29, 1.82) is 0 Å². The average Bonchev–Trinajstić information content (AvgIpc) is 2.77. The van der Waals surface area contributed by atoms with E-state index in [1.54, 1.807) is 0 Å². The third-order valence-electron chi connectivity index (χ3n) is 6.11. The predicted molar refractivity (Wildman–Crippen MR) is 91.5 cm³/mol. The van der Waals surface area contributed by atoms with E-state index in [1.165, 1.54) is 4.90 Å². The summed E-state index contributed by atoms with van der Waals surface area (Å²) in [5.41, 5.74) is -0.704. The highest BCUT2D eigenvalue weighted by Gasteiger charge is 2.52. The number of imide groups is 1. The number of hydrogen-bond donors (Lipinski definition) is 2. The van der Waals surface area contributed by atoms with E-state index in [0.29, 0.717) is 12.5 Å². The summed E-state index contributed by atoms with van der Waals surface area (Å²) in [5.74, 6) is 1.23. The van der Waals surface area contributed by atoms with Crippen molar-refractivity contribution in [3.05, 3.63) is 0 Å². The normalized spacial score (nSPS) is 34.0. The lowest BCUT2D eigenvalue weighted by atomic mass is 9.77. The summed E-state index contributed by atoms with van der Waals surface area (Å²) in [5, 5.41) is 13.3. The lowest BCUT2D eigenvalue weighted by Crippen LogP contribution is -2.50. The van der Waals surface area contributed by atoms with Gasteiger partial charge >= 0.3 is 6.03 Å². The molecule has 1 atom stereocenters. The minimum absolute atomic E-state index is 0.105. The second-order valence-electron chi connectivity index (χ2n) is 8.25. The Hall–Kier alpha value is -1.14. The van der Waals surface area contributed by atoms with E-state index in [-0.39, 0.29) is 18.5 Å². The van der Waals surface area contributed by atoms with Crippen LogP contribution in [-0.2, 0) is 4.79 Å². The molecular weight excluding hydrogens is 306 g/mol. The van der Waals surface area contributed by atoms with Gasteiger partial charge in [-0.3, -0.25) is 9.69 Å². The number of urea groups is 1. The average molecular weight is 337 g/mol. The topological polar surface area (TPSA) is 72.9 Å². The smallest absolute Gasteiger partial charge is 0.325 e. The zero-order valence-corrected chi connectivity index (χ0v) is 15.0. The van der Waals surface area contributed by atoms with Gasteiger partial charge < -0.3 is 15.3 Å². The van der Waals surface area contributed by atoms with Crippen LogP contribution >= 0.6 is 0 Å². The van der Waals surface area contributed by atoms with Crippen molar-refractivity contribution in [2.24, 2.45) is 11.8 Å². The number of aliphatic hydroxyl groups excluding tert-OH is 1. The lowest BCUT2D eigenvalue weighted by Gasteiger charge is -2.34. The Labute approximate surface area is 144 Å². The SMILES string of the molecule is CC1CCN(CC(O)CN2C(=O)NC3(CCC(C)CC3)C2=O)CC1. The van der Waals surface area contributed by atoms with Gasteiger partial charge in [0, 0.05) is 6.54 Å². The highest BCUT2D eigenvalue weighted by Crippen LogP contribution is 2.36. The van der Waals surface area contributed by atoms with E-state index in [2.05, 4.69) is 24.1 Å². The summed E-state index contributed by atoms with van der Waals surface area (Å²) in [7, 11) is 0. The van der Waals surface area contributed by atoms with E-state index in [9.17, 15) is 14.7 Å². The maximum atomic E-state index is 12.8. The highest BCUT2D eigenvalue weighted by molar-refractivity contribution is 6.07. The number of rotatable bonds is 4. The van der Waals surface area contributed by atoms with E-state index < -0.39 is 11.6 Å². The number of piperidine rings is 1. The Morgan fingerprint density at radius 2 is 1.67 bits per heavy atom. The molecule has 0 aromatic carbocycles. The lowest BCUT2D eigenvalue weighted by molar-refractivity contribution is -0.133. The zero-order valence-electron chi connectivity index (χ0n) is 15.0. The number of likely N-dealkylation sites (tertiary alicyclic amines) is 1. The van der Waals surface area contributed by atoms with Crippen LogP contribution in [0.5, 0.6) is 0 Å². The standard InChI is InChI=1S/C18H31N3O3/c1-13-3-7-18(8-4-13)16(23)21(17(24)19-18)12-15(22)11-20-9-5-14(2)6-10-20/h13-15,22H,3-12H2,1-2H3,(H,19,24). The van der Waals surface area contributed by atoms with Gasteiger partial charge in [0.1, 0.15) is 5.54 Å². The van der Waals surface area contributed by atoms with Crippen molar-refractivity contribution >= 4 is 11.9 Å². The second-order valence-corrected chi connectivity index (χ2v) is 8.25. The molecule has 3 fully saturated rings. The molecule has 2 N–H and O–H groups in total. The van der Waals surface area contributed by atoms with Crippen molar-refractivity contribution in [3.63, 3.8) is 0 Å². The van der Waals surface area contributed by atoms with Crippen LogP contribution in [0.3, 0.4) is 0 Å². The molecule has 2 saturated heterocycles. The second kappa shape index (κ2) is 7.00. The first-order valence-electron chi connectivity index (χ1n) is 9.44. The van der Waals surface area contributed by atoms with Gasteiger partial charge in [-0.2, -0.15) is 0 Å². The Morgan fingerprint density at radius 3 is 2.29 bits per heavy atom. The van der Waals surface area contributed by atoms with Crippen LogP contribution in [0, 0.1) is 11.8 Å². The molecule has 6 heteroatoms. The number of β-amino-alcohol motifs (C(OH)–C–C–N with tert-alkyl or cyclic N) is 1. The fourth-order valence-corrected chi connectivity index (χ4v) is 4.25. The maximum absolute atomic E-state index is 12.8. The van der Waals surface area contributed by atoms with Gasteiger partial charge in [-0.25, -0.2) is 4.79 Å². The molecule has 6 nitrogen and oxygen atoms in total. The van der Waals surface area contributed by atoms with Gasteiger partial charge in [-0.1, -0.05) is 13.8 Å². The number of carbonyl (C=O) groups is 2. The molecule has 1 unspecified atom stereocenters. The minimum Gasteiger partial charge on any atom is -0.390 e. The number of nitrogens with one attached hydrogen (secondary N) is 1. The van der Waals surface area contributed by atoms with Crippen molar-refractivity contribution in [1.82, 2.24) is 15.1 Å². The van der Waals surface area contributed by atoms with Crippen LogP contribution in [0.4, 0.5) is 4.79 Å². The third kappa shape index (κ3) is 3.59. The summed E-state index contributed by atoms with van der Waals surface area (Å²) < 4.78 is 0. The summed E-state index contributed by atoms with van der Waals surface area (Å²) >= 11 is 0. The fraction of sp³-hybridized carbons (Fsp3) is 0.889. The van der Waals surface area contributed by atoms with Gasteiger partial charge in [0.25, 0.3) is 5.91 Å². The van der Waals surface area contributed by atoms with E-state index in [0.717, 1.165) is 57.5 Å². The molecule has 3 amide bonds. The maximum Gasteiger partial charge on any atom is 0.325 e. The van der Waals surface area contributed by atoms with Crippen LogP contribution in [-0.4, -0.2) is 64.7 Å². The number of nitrogens with zero attached hydrogens (tertiary/aromatic N) is 2. The fourth-order valence-electron chi connectivity index (χ4n) is 4.25. The molecule has 0 aromatic rings. The van der Waals surface area contributed by atoms with E-state index >= 15 is 0 Å². The summed E-state index contributed by atoms with van der Waals surface area (Å²) in [6, 6.07) is -0.333. The molecular formula is C18H31N3O3. The van der Waals surface area contributed by atoms with Gasteiger partial charge in [0.05, 0.1) is 12.6 Å². The Morgan fingerprint density at radius 1 is 1.08 bits per heavy atom. The first-order chi connectivity index (χ1) is 11.4. The van der Waals surface area contributed by atoms with Gasteiger partial charge in [-0.15, -0.1) is 0 Å². The summed E-state index contributed by atoms with van der Waals surface area (Å²) in [6.07, 6.45) is 4.99. The molecule has 1 aliphatic carbocycles. The predicted octanol–water partition coefficient (Wildman–Crippen LogP) is 1.58. The minimum atomic E-state index is -0.704. The molecule has 2 heterocycles. The van der Waals surface area contributed by atoms with Gasteiger partial charge in [0.15, 0.2) is 0 Å². The van der Waals surface area contributed by atoms with Crippen LogP contribution in [0.25, 0.3) is 0 Å². The van der Waals surface area contributed by atoms with Crippen LogP contribution in [0.1, 0.15) is 52.4 Å². The molecule has 136 valence electrons. The van der Waals surface area contributed by atoms with Crippen LogP contribution in [0.15, 0.2) is 0 Å². The third-order valence-corrected chi connectivity index (χ3v) is 6.11. The van der Waals surface area contributed by atoms with Crippen LogP contribution in [0.2, 0.25) is 0 Å². The highest BCUT2D eigenvalue weighted by atomic mass is 16.3. The number of amides is 3. The number of hydrogen-bond acceptors (Lipinski definition) is 4. The molecule has 3 rings (SSSR count). The van der Waals surface area contributed by atoms with Crippen molar-refractivity contribution in [3.8, 4) is 0 Å². The van der Waals surface area contributed by atoms with Crippen molar-refractivity contribution in [2.45, 2.75) is 64.0 Å². The van der Waals surface area contributed by atoms with Crippen LogP contribution < -0.4 is 5.32 Å². The van der Waals surface area contributed by atoms with E-state index in [1.807, 2.05) is 0 Å². The quantitative estimate of drug-likeness (QED) is 0.764. The summed E-state index contributed by atoms with van der Waals surface area (Å²) in [4.78, 5) is 28.5. The van der Waals surface area contributed by atoms with Gasteiger partial charge in [-0.05, 0) is 63.5 Å². The zero-order chi connectivity index (χ0) is 17.3. The number of carbonyl (C=O) groups excluding carboxylic acids is 2. The molecule has 2 aliphatic heterocycles. The molecule has 24 heavy (non-hydrogen) atoms. The Balaban J connectivity index is 1.55. The largest absolute Gasteiger partial charge is 0.390 e. The van der Waals surface area contributed by atoms with Crippen molar-refractivity contribution < 1.29 is 14.7 Å². The molecule has 0 radical (unpaired) electrons. The van der Waals surface area contributed by atoms with Crippen molar-refractivity contribution in [2.75, 3.05) is 26.2 Å². The first-order valence-corrected chi connectivity index (χ1v) is 9.44. The Kier molecular flexibility index (Phi) is 5.16. The Bertz CT molecular complexity index is 480. The molecule has 0 aromatic heterocycles. The van der Waals surface area contributed by atoms with Gasteiger partial charge in [0.2, 0.25) is 0 Å².